The Morgan fingerprint density at radius 3 is 2.43 bits per heavy atom. The van der Waals surface area contributed by atoms with Crippen molar-refractivity contribution in [2.24, 2.45) is 5.41 Å². The lowest BCUT2D eigenvalue weighted by molar-refractivity contribution is 0.242. The minimum atomic E-state index is -3.52. The number of nitrogens with one attached hydrogen (secondary N) is 2. The van der Waals surface area contributed by atoms with Gasteiger partial charge in [0.25, 0.3) is 0 Å². The smallest absolute Gasteiger partial charge is 0.242 e. The van der Waals surface area contributed by atoms with Gasteiger partial charge in [0, 0.05) is 25.8 Å². The number of aromatic nitrogens is 1. The lowest BCUT2D eigenvalue weighted by atomic mass is 9.93. The van der Waals surface area contributed by atoms with Crippen LogP contribution in [0.5, 0.6) is 0 Å². The SMILES string of the molecule is CCNc1ccc(S(=O)(=O)NCC(C)(C)CN(C)C)cn1. The summed E-state index contributed by atoms with van der Waals surface area (Å²) in [5.41, 5.74) is -0.145. The molecule has 21 heavy (non-hydrogen) atoms. The van der Waals surface area contributed by atoms with Crippen molar-refractivity contribution in [2.75, 3.05) is 39.0 Å². The molecule has 1 aromatic rings. The van der Waals surface area contributed by atoms with Gasteiger partial charge in [0.15, 0.2) is 0 Å². The zero-order valence-corrected chi connectivity index (χ0v) is 14.3. The van der Waals surface area contributed by atoms with Crippen LogP contribution in [-0.4, -0.2) is 52.0 Å². The fourth-order valence-electron chi connectivity index (χ4n) is 2.11. The van der Waals surface area contributed by atoms with Crippen LogP contribution in [0, 0.1) is 5.41 Å². The molecule has 0 aliphatic rings. The van der Waals surface area contributed by atoms with Gasteiger partial charge in [0.1, 0.15) is 10.7 Å². The lowest BCUT2D eigenvalue weighted by Gasteiger charge is -2.28. The van der Waals surface area contributed by atoms with Crippen LogP contribution in [0.2, 0.25) is 0 Å². The van der Waals surface area contributed by atoms with Gasteiger partial charge in [-0.05, 0) is 38.6 Å². The predicted molar refractivity (Wildman–Crippen MR) is 85.9 cm³/mol. The monoisotopic (exact) mass is 314 g/mol. The highest BCUT2D eigenvalue weighted by atomic mass is 32.2. The first-order valence-corrected chi connectivity index (χ1v) is 8.49. The minimum Gasteiger partial charge on any atom is -0.370 e. The second-order valence-corrected chi connectivity index (χ2v) is 7.90. The Morgan fingerprint density at radius 1 is 1.29 bits per heavy atom. The van der Waals surface area contributed by atoms with Gasteiger partial charge < -0.3 is 10.2 Å². The maximum absolute atomic E-state index is 12.2. The van der Waals surface area contributed by atoms with E-state index in [0.29, 0.717) is 12.4 Å². The van der Waals surface area contributed by atoms with Crippen LogP contribution >= 0.6 is 0 Å². The van der Waals surface area contributed by atoms with Crippen molar-refractivity contribution in [3.05, 3.63) is 18.3 Å². The van der Waals surface area contributed by atoms with Crippen LogP contribution in [0.1, 0.15) is 20.8 Å². The van der Waals surface area contributed by atoms with E-state index in [9.17, 15) is 8.42 Å². The first-order chi connectivity index (χ1) is 9.66. The van der Waals surface area contributed by atoms with Crippen molar-refractivity contribution in [1.29, 1.82) is 0 Å². The third-order valence-electron chi connectivity index (χ3n) is 2.89. The van der Waals surface area contributed by atoms with Gasteiger partial charge in [-0.25, -0.2) is 18.1 Å². The molecule has 0 aliphatic heterocycles. The van der Waals surface area contributed by atoms with Crippen molar-refractivity contribution < 1.29 is 8.42 Å². The summed E-state index contributed by atoms with van der Waals surface area (Å²) in [6.07, 6.45) is 1.37. The van der Waals surface area contributed by atoms with Gasteiger partial charge >= 0.3 is 0 Å². The molecule has 0 aliphatic carbocycles. The number of hydrogen-bond acceptors (Lipinski definition) is 5. The highest BCUT2D eigenvalue weighted by Crippen LogP contribution is 2.16. The Bertz CT molecular complexity index is 539. The molecule has 6 nitrogen and oxygen atoms in total. The lowest BCUT2D eigenvalue weighted by Crippen LogP contribution is -2.39. The summed E-state index contributed by atoms with van der Waals surface area (Å²) in [4.78, 5) is 6.32. The van der Waals surface area contributed by atoms with Crippen molar-refractivity contribution in [2.45, 2.75) is 25.7 Å². The molecule has 120 valence electrons. The van der Waals surface area contributed by atoms with Crippen molar-refractivity contribution in [1.82, 2.24) is 14.6 Å². The fourth-order valence-corrected chi connectivity index (χ4v) is 3.30. The first kappa shape index (κ1) is 17.9. The van der Waals surface area contributed by atoms with Gasteiger partial charge in [-0.1, -0.05) is 13.8 Å². The summed E-state index contributed by atoms with van der Waals surface area (Å²) in [5, 5.41) is 3.03. The van der Waals surface area contributed by atoms with Crippen LogP contribution in [0.4, 0.5) is 5.82 Å². The van der Waals surface area contributed by atoms with Crippen LogP contribution in [0.25, 0.3) is 0 Å². The maximum Gasteiger partial charge on any atom is 0.242 e. The molecule has 0 fully saturated rings. The maximum atomic E-state index is 12.2. The van der Waals surface area contributed by atoms with Crippen LogP contribution in [-0.2, 0) is 10.0 Å². The number of nitrogens with zero attached hydrogens (tertiary/aromatic N) is 2. The Labute approximate surface area is 128 Å². The highest BCUT2D eigenvalue weighted by molar-refractivity contribution is 7.89. The summed E-state index contributed by atoms with van der Waals surface area (Å²) in [6.45, 7) is 7.94. The molecule has 2 N–H and O–H groups in total. The van der Waals surface area contributed by atoms with E-state index in [-0.39, 0.29) is 10.3 Å². The molecule has 0 aromatic carbocycles. The Morgan fingerprint density at radius 2 is 1.95 bits per heavy atom. The standard InChI is InChI=1S/C14H26N4O2S/c1-6-15-13-8-7-12(9-16-13)21(19,20)17-10-14(2,3)11-18(4)5/h7-9,17H,6,10-11H2,1-5H3,(H,15,16). The third kappa shape index (κ3) is 5.99. The van der Waals surface area contributed by atoms with E-state index in [2.05, 4.69) is 15.0 Å². The third-order valence-corrected chi connectivity index (χ3v) is 4.28. The fraction of sp³-hybridized carbons (Fsp3) is 0.643. The Kier molecular flexibility index (Phi) is 6.12. The van der Waals surface area contributed by atoms with Gasteiger partial charge in [-0.15, -0.1) is 0 Å². The highest BCUT2D eigenvalue weighted by Gasteiger charge is 2.23. The molecule has 0 bridgehead atoms. The normalized spacial score (nSPS) is 12.7. The molecule has 0 saturated carbocycles. The number of pyridine rings is 1. The molecule has 0 radical (unpaired) electrons. The molecule has 1 aromatic heterocycles. The first-order valence-electron chi connectivity index (χ1n) is 7.00. The molecule has 0 atom stereocenters. The molecular weight excluding hydrogens is 288 g/mol. The van der Waals surface area contributed by atoms with Crippen molar-refractivity contribution >= 4 is 15.8 Å². The summed E-state index contributed by atoms with van der Waals surface area (Å²) in [7, 11) is 0.424. The van der Waals surface area contributed by atoms with Gasteiger partial charge in [0.05, 0.1) is 0 Å². The van der Waals surface area contributed by atoms with Crippen LogP contribution in [0.15, 0.2) is 23.2 Å². The second-order valence-electron chi connectivity index (χ2n) is 6.14. The minimum absolute atomic E-state index is 0.145. The zero-order chi connectivity index (χ0) is 16.1. The van der Waals surface area contributed by atoms with Gasteiger partial charge in [0.2, 0.25) is 10.0 Å². The summed E-state index contributed by atoms with van der Waals surface area (Å²) in [5.74, 6) is 0.671. The zero-order valence-electron chi connectivity index (χ0n) is 13.5. The van der Waals surface area contributed by atoms with E-state index in [0.717, 1.165) is 13.1 Å². The predicted octanol–water partition coefficient (Wildman–Crippen LogP) is 1.38. The van der Waals surface area contributed by atoms with Gasteiger partial charge in [-0.3, -0.25) is 0 Å². The summed E-state index contributed by atoms with van der Waals surface area (Å²) < 4.78 is 27.2. The Balaban J connectivity index is 2.73. The number of sulfonamides is 1. The molecular formula is C14H26N4O2S. The largest absolute Gasteiger partial charge is 0.370 e. The molecule has 0 spiro atoms. The average molecular weight is 314 g/mol. The second kappa shape index (κ2) is 7.20. The number of rotatable bonds is 8. The molecule has 0 saturated heterocycles. The quantitative estimate of drug-likeness (QED) is 0.758. The van der Waals surface area contributed by atoms with E-state index < -0.39 is 10.0 Å². The van der Waals surface area contributed by atoms with E-state index in [4.69, 9.17) is 0 Å². The molecule has 1 rings (SSSR count). The van der Waals surface area contributed by atoms with E-state index in [1.807, 2.05) is 39.8 Å². The van der Waals surface area contributed by atoms with Crippen LogP contribution in [0.3, 0.4) is 0 Å². The van der Waals surface area contributed by atoms with Gasteiger partial charge in [-0.2, -0.15) is 0 Å². The average Bonchev–Trinajstić information content (AvgIpc) is 2.36. The van der Waals surface area contributed by atoms with Crippen molar-refractivity contribution in [3.63, 3.8) is 0 Å². The van der Waals surface area contributed by atoms with E-state index in [1.165, 1.54) is 6.20 Å². The molecule has 0 amide bonds. The number of hydrogen-bond donors (Lipinski definition) is 2. The van der Waals surface area contributed by atoms with Crippen molar-refractivity contribution in [3.8, 4) is 0 Å². The molecule has 1 heterocycles. The summed E-state index contributed by atoms with van der Waals surface area (Å²) in [6, 6.07) is 3.23. The molecule has 0 unspecified atom stereocenters. The molecule has 7 heteroatoms. The van der Waals surface area contributed by atoms with Crippen LogP contribution < -0.4 is 10.0 Å². The van der Waals surface area contributed by atoms with E-state index >= 15 is 0 Å². The Hall–Kier alpha value is -1.18. The van der Waals surface area contributed by atoms with E-state index in [1.54, 1.807) is 12.1 Å². The topological polar surface area (TPSA) is 74.3 Å². The number of anilines is 1. The summed E-state index contributed by atoms with van der Waals surface area (Å²) >= 11 is 0.